The molecule has 0 radical (unpaired) electrons. The number of nitrogens with zero attached hydrogens (tertiary/aromatic N) is 3. The molecule has 2 aromatic carbocycles. The number of imide groups is 1. The fraction of sp³-hybridized carbons (Fsp3) is 0.444. The number of benzene rings is 2. The Morgan fingerprint density at radius 2 is 1.72 bits per heavy atom. The molecule has 0 spiro atoms. The van der Waals surface area contributed by atoms with Gasteiger partial charge in [-0.3, -0.25) is 29.2 Å². The van der Waals surface area contributed by atoms with Gasteiger partial charge in [-0.05, 0) is 72.7 Å². The molecule has 13 nitrogen and oxygen atoms in total. The molecule has 3 aromatic rings. The zero-order valence-electron chi connectivity index (χ0n) is 29.0. The van der Waals surface area contributed by atoms with Crippen molar-refractivity contribution in [2.75, 3.05) is 51.8 Å². The molecule has 6 rings (SSSR count). The van der Waals surface area contributed by atoms with E-state index in [1.807, 2.05) is 0 Å². The van der Waals surface area contributed by atoms with Crippen LogP contribution in [0.1, 0.15) is 62.8 Å². The van der Waals surface area contributed by atoms with E-state index in [2.05, 4.69) is 19.3 Å². The fourth-order valence-electron chi connectivity index (χ4n) is 6.05. The molecule has 1 aliphatic carbocycles. The second kappa shape index (κ2) is 17.7. The van der Waals surface area contributed by atoms with Crippen LogP contribution in [0.4, 0.5) is 8.78 Å². The number of fused-ring (bicyclic) bond motifs is 1. The van der Waals surface area contributed by atoms with Crippen LogP contribution in [0.15, 0.2) is 48.8 Å². The summed E-state index contributed by atoms with van der Waals surface area (Å²) in [5.41, 5.74) is 1.19. The summed E-state index contributed by atoms with van der Waals surface area (Å²) in [7, 11) is -3.62. The van der Waals surface area contributed by atoms with E-state index in [0.717, 1.165) is 30.8 Å². The predicted octanol–water partition coefficient (Wildman–Crippen LogP) is 5.04. The first kappa shape index (κ1) is 39.8. The number of rotatable bonds is 18. The van der Waals surface area contributed by atoms with Crippen LogP contribution in [0.25, 0.3) is 0 Å². The summed E-state index contributed by atoms with van der Waals surface area (Å²) in [5.74, 6) is -2.45. The summed E-state index contributed by atoms with van der Waals surface area (Å²) in [4.78, 5) is 47.0. The number of halogens is 4. The van der Waals surface area contributed by atoms with E-state index in [0.29, 0.717) is 42.9 Å². The van der Waals surface area contributed by atoms with Crippen LogP contribution in [0.5, 0.6) is 11.5 Å². The molecule has 1 saturated heterocycles. The molecule has 3 aliphatic rings. The van der Waals surface area contributed by atoms with E-state index < -0.39 is 47.1 Å². The van der Waals surface area contributed by atoms with Gasteiger partial charge in [0.25, 0.3) is 11.8 Å². The van der Waals surface area contributed by atoms with Crippen LogP contribution in [-0.2, 0) is 37.3 Å². The van der Waals surface area contributed by atoms with Gasteiger partial charge >= 0.3 is 12.6 Å². The average Bonchev–Trinajstić information content (AvgIpc) is 3.94. The lowest BCUT2D eigenvalue weighted by Gasteiger charge is -2.26. The van der Waals surface area contributed by atoms with Crippen molar-refractivity contribution in [3.63, 3.8) is 0 Å². The number of sulfonamides is 1. The van der Waals surface area contributed by atoms with Crippen LogP contribution < -0.4 is 14.2 Å². The Labute approximate surface area is 320 Å². The van der Waals surface area contributed by atoms with E-state index in [9.17, 15) is 31.6 Å². The molecule has 1 saturated carbocycles. The van der Waals surface area contributed by atoms with Gasteiger partial charge in [-0.1, -0.05) is 35.3 Å². The molecule has 2 fully saturated rings. The summed E-state index contributed by atoms with van der Waals surface area (Å²) in [5, 5.41) is 0.357. The van der Waals surface area contributed by atoms with Crippen LogP contribution in [0.2, 0.25) is 10.0 Å². The largest absolute Gasteiger partial charge is 0.489 e. The topological polar surface area (TPSA) is 154 Å². The summed E-state index contributed by atoms with van der Waals surface area (Å²) in [6, 6.07) is 8.47. The maximum Gasteiger partial charge on any atom is 0.387 e. The molecule has 1 atom stereocenters. The number of alkyl halides is 2. The number of pyridine rings is 1. The Kier molecular flexibility index (Phi) is 13.0. The summed E-state index contributed by atoms with van der Waals surface area (Å²) in [6.07, 6.45) is 3.82. The number of morpholine rings is 1. The SMILES string of the molecule is O=C(CN1C(=O)c2ccc(CNS(=O)(=O)CCCN3CCOCC3)cc2C1=O)O[C@@H](Cc1c(Cl)cncc1Cl)c1ccc(OC(F)F)c(OCC2CC2)c1. The van der Waals surface area contributed by atoms with Gasteiger partial charge in [-0.2, -0.15) is 8.78 Å². The Morgan fingerprint density at radius 1 is 1.00 bits per heavy atom. The third kappa shape index (κ3) is 10.4. The van der Waals surface area contributed by atoms with Crippen LogP contribution >= 0.6 is 23.2 Å². The average molecular weight is 812 g/mol. The highest BCUT2D eigenvalue weighted by Crippen LogP contribution is 2.38. The molecule has 2 aliphatic heterocycles. The lowest BCUT2D eigenvalue weighted by molar-refractivity contribution is -0.149. The van der Waals surface area contributed by atoms with Crippen molar-refractivity contribution in [2.45, 2.75) is 44.9 Å². The molecule has 0 unspecified atom stereocenters. The second-order valence-corrected chi connectivity index (χ2v) is 15.9. The van der Waals surface area contributed by atoms with Crippen molar-refractivity contribution in [3.8, 4) is 11.5 Å². The first-order valence-electron chi connectivity index (χ1n) is 17.3. The number of nitrogens with one attached hydrogen (secondary N) is 1. The minimum atomic E-state index is -3.62. The Bertz CT molecular complexity index is 1960. The number of ether oxygens (including phenoxy) is 4. The van der Waals surface area contributed by atoms with E-state index in [-0.39, 0.29) is 63.9 Å². The number of esters is 1. The molecular formula is C36H38Cl2F2N4O9S. The maximum absolute atomic E-state index is 13.5. The highest BCUT2D eigenvalue weighted by Gasteiger charge is 2.38. The molecular weight excluding hydrogens is 773 g/mol. The standard InChI is InChI=1S/C36H38Cl2F2N4O9S/c37-28-18-41-19-29(38)27(28)16-31(24-5-7-30(53-36(39)40)32(15-24)51-21-22-2-3-22)52-33(45)20-44-34(46)25-6-4-23(14-26(25)35(44)47)17-42-54(48,49)13-1-8-43-9-11-50-12-10-43/h4-7,14-15,18-19,22,31,36,42H,1-3,8-13,16-17,20-21H2/t31-/m0/s1. The maximum atomic E-state index is 13.5. The van der Waals surface area contributed by atoms with E-state index in [4.69, 9.17) is 37.4 Å². The van der Waals surface area contributed by atoms with Gasteiger partial charge in [0.15, 0.2) is 11.5 Å². The molecule has 290 valence electrons. The molecule has 3 heterocycles. The number of aromatic nitrogens is 1. The smallest absolute Gasteiger partial charge is 0.387 e. The Morgan fingerprint density at radius 3 is 2.43 bits per heavy atom. The normalized spacial score (nSPS) is 16.8. The third-order valence-electron chi connectivity index (χ3n) is 9.15. The van der Waals surface area contributed by atoms with E-state index >= 15 is 0 Å². The van der Waals surface area contributed by atoms with Crippen molar-refractivity contribution >= 4 is 51.0 Å². The Hall–Kier alpha value is -3.93. The van der Waals surface area contributed by atoms with Crippen LogP contribution in [0.3, 0.4) is 0 Å². The lowest BCUT2D eigenvalue weighted by Crippen LogP contribution is -2.38. The van der Waals surface area contributed by atoms with Crippen molar-refractivity contribution in [3.05, 3.63) is 86.7 Å². The molecule has 0 bridgehead atoms. The van der Waals surface area contributed by atoms with Gasteiger partial charge in [0.2, 0.25) is 10.0 Å². The van der Waals surface area contributed by atoms with E-state index in [1.54, 1.807) is 0 Å². The van der Waals surface area contributed by atoms with Gasteiger partial charge in [0.05, 0.1) is 46.7 Å². The van der Waals surface area contributed by atoms with Gasteiger partial charge in [-0.25, -0.2) is 13.1 Å². The highest BCUT2D eigenvalue weighted by atomic mass is 35.5. The quantitative estimate of drug-likeness (QED) is 0.136. The molecule has 1 N–H and O–H groups in total. The van der Waals surface area contributed by atoms with Gasteiger partial charge in [0, 0.05) is 38.4 Å². The monoisotopic (exact) mass is 810 g/mol. The minimum Gasteiger partial charge on any atom is -0.489 e. The number of carbonyl (C=O) groups excluding carboxylic acids is 3. The van der Waals surface area contributed by atoms with E-state index in [1.165, 1.54) is 48.8 Å². The highest BCUT2D eigenvalue weighted by molar-refractivity contribution is 7.89. The van der Waals surface area contributed by atoms with Gasteiger partial charge < -0.3 is 18.9 Å². The van der Waals surface area contributed by atoms with Crippen molar-refractivity contribution in [1.82, 2.24) is 19.5 Å². The first-order chi connectivity index (χ1) is 25.9. The Balaban J connectivity index is 1.13. The van der Waals surface area contributed by atoms with Crippen molar-refractivity contribution in [1.29, 1.82) is 0 Å². The molecule has 18 heteroatoms. The number of carbonyl (C=O) groups is 3. The van der Waals surface area contributed by atoms with Crippen LogP contribution in [0, 0.1) is 5.92 Å². The fourth-order valence-corrected chi connectivity index (χ4v) is 7.61. The van der Waals surface area contributed by atoms with Crippen molar-refractivity contribution in [2.24, 2.45) is 5.92 Å². The zero-order chi connectivity index (χ0) is 38.4. The molecule has 1 aromatic heterocycles. The predicted molar refractivity (Wildman–Crippen MR) is 192 cm³/mol. The lowest BCUT2D eigenvalue weighted by atomic mass is 10.0. The minimum absolute atomic E-state index is 0.00999. The third-order valence-corrected chi connectivity index (χ3v) is 11.2. The number of amides is 2. The van der Waals surface area contributed by atoms with Crippen molar-refractivity contribution < 1.29 is 50.5 Å². The number of hydrogen-bond donors (Lipinski definition) is 1. The van der Waals surface area contributed by atoms with Gasteiger partial charge in [0.1, 0.15) is 12.6 Å². The second-order valence-electron chi connectivity index (χ2n) is 13.1. The number of hydrogen-bond acceptors (Lipinski definition) is 11. The van der Waals surface area contributed by atoms with Crippen LogP contribution in [-0.4, -0.2) is 99.3 Å². The zero-order valence-corrected chi connectivity index (χ0v) is 31.3. The van der Waals surface area contributed by atoms with Gasteiger partial charge in [-0.15, -0.1) is 0 Å². The first-order valence-corrected chi connectivity index (χ1v) is 19.7. The summed E-state index contributed by atoms with van der Waals surface area (Å²) >= 11 is 12.8. The summed E-state index contributed by atoms with van der Waals surface area (Å²) < 4.78 is 75.9. The summed E-state index contributed by atoms with van der Waals surface area (Å²) in [6.45, 7) is -0.323. The molecule has 2 amide bonds. The molecule has 54 heavy (non-hydrogen) atoms.